The van der Waals surface area contributed by atoms with Crippen LogP contribution in [0.5, 0.6) is 11.5 Å². The molecule has 3 nitrogen and oxygen atoms in total. The van der Waals surface area contributed by atoms with Gasteiger partial charge in [-0.1, -0.05) is 6.07 Å². The second-order valence-corrected chi connectivity index (χ2v) is 5.75. The Morgan fingerprint density at radius 3 is 2.94 bits per heavy atom. The first-order valence-electron chi connectivity index (χ1n) is 5.84. The fourth-order valence-electron chi connectivity index (χ4n) is 2.29. The summed E-state index contributed by atoms with van der Waals surface area (Å²) in [5.41, 5.74) is 1.11. The minimum Gasteiger partial charge on any atom is -0.454 e. The number of benzene rings is 1. The van der Waals surface area contributed by atoms with E-state index in [9.17, 15) is 0 Å². The average Bonchev–Trinajstić information content (AvgIpc) is 2.74. The van der Waals surface area contributed by atoms with Gasteiger partial charge in [0.2, 0.25) is 6.79 Å². The molecule has 0 N–H and O–H groups in total. The zero-order valence-corrected chi connectivity index (χ0v) is 10.5. The van der Waals surface area contributed by atoms with Gasteiger partial charge in [0.1, 0.15) is 0 Å². The molecular weight excluding hydrogens is 240 g/mol. The summed E-state index contributed by atoms with van der Waals surface area (Å²) in [5, 5.41) is 0. The molecule has 2 unspecified atom stereocenters. The maximum Gasteiger partial charge on any atom is 0.231 e. The zero-order valence-electron chi connectivity index (χ0n) is 9.74. The highest BCUT2D eigenvalue weighted by Crippen LogP contribution is 2.41. The Balaban J connectivity index is 1.84. The number of hydrogen-bond donors (Lipinski definition) is 0. The molecule has 0 spiro atoms. The van der Waals surface area contributed by atoms with Crippen LogP contribution in [0.4, 0.5) is 0 Å². The van der Waals surface area contributed by atoms with Crippen molar-refractivity contribution >= 4 is 11.6 Å². The van der Waals surface area contributed by atoms with Gasteiger partial charge in [-0.15, -0.1) is 11.6 Å². The van der Waals surface area contributed by atoms with Crippen molar-refractivity contribution < 1.29 is 14.2 Å². The van der Waals surface area contributed by atoms with E-state index in [2.05, 4.69) is 6.92 Å². The SMILES string of the molecule is CC1(Cl)CCOC(c2ccc3c(c2)OCO3)C1. The highest BCUT2D eigenvalue weighted by atomic mass is 35.5. The Labute approximate surface area is 106 Å². The highest BCUT2D eigenvalue weighted by Gasteiger charge is 2.32. The molecule has 0 saturated carbocycles. The van der Waals surface area contributed by atoms with E-state index in [-0.39, 0.29) is 11.0 Å². The molecule has 92 valence electrons. The van der Waals surface area contributed by atoms with Crippen LogP contribution >= 0.6 is 11.6 Å². The minimum absolute atomic E-state index is 0.0562. The predicted molar refractivity (Wildman–Crippen MR) is 64.8 cm³/mol. The summed E-state index contributed by atoms with van der Waals surface area (Å²) >= 11 is 6.40. The molecule has 2 aliphatic rings. The summed E-state index contributed by atoms with van der Waals surface area (Å²) in [6, 6.07) is 5.95. The van der Waals surface area contributed by atoms with Crippen LogP contribution in [-0.4, -0.2) is 18.3 Å². The van der Waals surface area contributed by atoms with Crippen molar-refractivity contribution in [3.8, 4) is 11.5 Å². The monoisotopic (exact) mass is 254 g/mol. The molecule has 2 aliphatic heterocycles. The summed E-state index contributed by atoms with van der Waals surface area (Å²) in [5.74, 6) is 1.60. The van der Waals surface area contributed by atoms with E-state index in [0.29, 0.717) is 13.4 Å². The van der Waals surface area contributed by atoms with Crippen LogP contribution in [0.1, 0.15) is 31.4 Å². The molecular formula is C13H15ClO3. The van der Waals surface area contributed by atoms with Crippen LogP contribution in [0, 0.1) is 0 Å². The third-order valence-electron chi connectivity index (χ3n) is 3.32. The van der Waals surface area contributed by atoms with Gasteiger partial charge in [0, 0.05) is 11.5 Å². The second-order valence-electron chi connectivity index (χ2n) is 4.84. The van der Waals surface area contributed by atoms with Crippen LogP contribution in [0.25, 0.3) is 0 Å². The van der Waals surface area contributed by atoms with Crippen LogP contribution in [0.3, 0.4) is 0 Å². The van der Waals surface area contributed by atoms with E-state index in [4.69, 9.17) is 25.8 Å². The van der Waals surface area contributed by atoms with Crippen molar-refractivity contribution in [2.75, 3.05) is 13.4 Å². The molecule has 17 heavy (non-hydrogen) atoms. The van der Waals surface area contributed by atoms with E-state index in [0.717, 1.165) is 29.9 Å². The van der Waals surface area contributed by atoms with Crippen LogP contribution in [0.15, 0.2) is 18.2 Å². The van der Waals surface area contributed by atoms with Crippen LogP contribution in [-0.2, 0) is 4.74 Å². The Kier molecular flexibility index (Phi) is 2.68. The first-order chi connectivity index (χ1) is 8.14. The number of hydrogen-bond acceptors (Lipinski definition) is 3. The number of ether oxygens (including phenoxy) is 3. The third kappa shape index (κ3) is 2.22. The Morgan fingerprint density at radius 1 is 1.29 bits per heavy atom. The summed E-state index contributed by atoms with van der Waals surface area (Å²) in [4.78, 5) is -0.167. The van der Waals surface area contributed by atoms with Gasteiger partial charge in [0.05, 0.1) is 6.10 Å². The van der Waals surface area contributed by atoms with Gasteiger partial charge in [0.15, 0.2) is 11.5 Å². The fraction of sp³-hybridized carbons (Fsp3) is 0.538. The molecule has 0 aliphatic carbocycles. The molecule has 2 heterocycles. The summed E-state index contributed by atoms with van der Waals surface area (Å²) in [7, 11) is 0. The van der Waals surface area contributed by atoms with Gasteiger partial charge in [-0.2, -0.15) is 0 Å². The molecule has 0 radical (unpaired) electrons. The Morgan fingerprint density at radius 2 is 2.12 bits per heavy atom. The van der Waals surface area contributed by atoms with E-state index >= 15 is 0 Å². The van der Waals surface area contributed by atoms with Crippen molar-refractivity contribution in [2.45, 2.75) is 30.7 Å². The summed E-state index contributed by atoms with van der Waals surface area (Å²) in [6.45, 7) is 3.08. The first-order valence-corrected chi connectivity index (χ1v) is 6.22. The van der Waals surface area contributed by atoms with Crippen LogP contribution < -0.4 is 9.47 Å². The van der Waals surface area contributed by atoms with Gasteiger partial charge in [-0.05, 0) is 37.5 Å². The average molecular weight is 255 g/mol. The largest absolute Gasteiger partial charge is 0.454 e. The molecule has 0 amide bonds. The van der Waals surface area contributed by atoms with Crippen molar-refractivity contribution in [3.63, 3.8) is 0 Å². The minimum atomic E-state index is -0.167. The maximum atomic E-state index is 6.40. The van der Waals surface area contributed by atoms with Gasteiger partial charge >= 0.3 is 0 Å². The van der Waals surface area contributed by atoms with Crippen molar-refractivity contribution in [2.24, 2.45) is 0 Å². The lowest BCUT2D eigenvalue weighted by molar-refractivity contribution is 0.000615. The van der Waals surface area contributed by atoms with Gasteiger partial charge in [-0.25, -0.2) is 0 Å². The quantitative estimate of drug-likeness (QED) is 0.720. The lowest BCUT2D eigenvalue weighted by Gasteiger charge is -2.33. The maximum absolute atomic E-state index is 6.40. The molecule has 4 heteroatoms. The normalized spacial score (nSPS) is 31.5. The zero-order chi connectivity index (χ0) is 11.9. The molecule has 2 atom stereocenters. The number of rotatable bonds is 1. The molecule has 0 aromatic heterocycles. The van der Waals surface area contributed by atoms with E-state index in [1.165, 1.54) is 0 Å². The number of fused-ring (bicyclic) bond motifs is 1. The molecule has 0 bridgehead atoms. The van der Waals surface area contributed by atoms with Crippen molar-refractivity contribution in [1.82, 2.24) is 0 Å². The number of alkyl halides is 1. The van der Waals surface area contributed by atoms with Gasteiger partial charge in [-0.3, -0.25) is 0 Å². The highest BCUT2D eigenvalue weighted by molar-refractivity contribution is 6.23. The smallest absolute Gasteiger partial charge is 0.231 e. The Hall–Kier alpha value is -0.930. The van der Waals surface area contributed by atoms with Crippen LogP contribution in [0.2, 0.25) is 0 Å². The first kappa shape index (κ1) is 11.2. The molecule has 1 saturated heterocycles. The second kappa shape index (κ2) is 4.07. The van der Waals surface area contributed by atoms with E-state index < -0.39 is 0 Å². The summed E-state index contributed by atoms with van der Waals surface area (Å²) in [6.07, 6.45) is 1.78. The van der Waals surface area contributed by atoms with Gasteiger partial charge < -0.3 is 14.2 Å². The Bertz CT molecular complexity index is 431. The standard InChI is InChI=1S/C13H15ClO3/c1-13(14)4-5-15-12(7-13)9-2-3-10-11(6-9)17-8-16-10/h2-3,6,12H,4-5,7-8H2,1H3. The van der Waals surface area contributed by atoms with Crippen molar-refractivity contribution in [1.29, 1.82) is 0 Å². The molecule has 1 fully saturated rings. The van der Waals surface area contributed by atoms with E-state index in [1.54, 1.807) is 0 Å². The van der Waals surface area contributed by atoms with E-state index in [1.807, 2.05) is 18.2 Å². The predicted octanol–water partition coefficient (Wildman–Crippen LogP) is 3.26. The lowest BCUT2D eigenvalue weighted by Crippen LogP contribution is -2.29. The fourth-order valence-corrected chi connectivity index (χ4v) is 2.51. The lowest BCUT2D eigenvalue weighted by atomic mass is 9.92. The topological polar surface area (TPSA) is 27.7 Å². The third-order valence-corrected chi connectivity index (χ3v) is 3.67. The molecule has 3 rings (SSSR count). The molecule has 1 aromatic rings. The number of halogens is 1. The molecule has 1 aromatic carbocycles. The van der Waals surface area contributed by atoms with Gasteiger partial charge in [0.25, 0.3) is 0 Å². The van der Waals surface area contributed by atoms with Crippen molar-refractivity contribution in [3.05, 3.63) is 23.8 Å². The summed E-state index contributed by atoms with van der Waals surface area (Å²) < 4.78 is 16.4.